The molecule has 0 saturated heterocycles. The predicted molar refractivity (Wildman–Crippen MR) is 95.1 cm³/mol. The number of carbonyl (C=O) groups is 1. The van der Waals surface area contributed by atoms with Crippen LogP contribution in [0.1, 0.15) is 48.3 Å². The lowest BCUT2D eigenvalue weighted by atomic mass is 9.94. The number of hydrogen-bond donors (Lipinski definition) is 1. The van der Waals surface area contributed by atoms with Crippen molar-refractivity contribution in [1.29, 1.82) is 0 Å². The normalized spacial score (nSPS) is 15.0. The van der Waals surface area contributed by atoms with E-state index in [4.69, 9.17) is 9.84 Å². The second-order valence-corrected chi connectivity index (χ2v) is 6.19. The van der Waals surface area contributed by atoms with Gasteiger partial charge >= 0.3 is 5.97 Å². The zero-order valence-electron chi connectivity index (χ0n) is 13.7. The largest absolute Gasteiger partial charge is 0.488 e. The predicted octanol–water partition coefficient (Wildman–Crippen LogP) is 5.02. The molecule has 2 aromatic rings. The van der Waals surface area contributed by atoms with E-state index in [1.165, 1.54) is 37.3 Å². The van der Waals surface area contributed by atoms with Gasteiger partial charge in [0.25, 0.3) is 0 Å². The molecule has 0 aliphatic heterocycles. The lowest BCUT2D eigenvalue weighted by molar-refractivity contribution is -0.131. The van der Waals surface area contributed by atoms with Crippen LogP contribution in [0.5, 0.6) is 5.75 Å². The Kier molecular flexibility index (Phi) is 5.32. The summed E-state index contributed by atoms with van der Waals surface area (Å²) in [6.07, 6.45) is 7.64. The van der Waals surface area contributed by atoms with E-state index in [0.29, 0.717) is 12.5 Å². The van der Waals surface area contributed by atoms with Crippen molar-refractivity contribution in [2.45, 2.75) is 38.2 Å². The highest BCUT2D eigenvalue weighted by atomic mass is 16.5. The summed E-state index contributed by atoms with van der Waals surface area (Å²) in [5, 5.41) is 8.93. The molecule has 0 aromatic heterocycles. The Morgan fingerprint density at radius 3 is 2.54 bits per heavy atom. The van der Waals surface area contributed by atoms with Crippen LogP contribution in [0, 0.1) is 0 Å². The van der Waals surface area contributed by atoms with Gasteiger partial charge in [0.05, 0.1) is 0 Å². The Hall–Kier alpha value is -2.55. The fourth-order valence-electron chi connectivity index (χ4n) is 3.32. The molecule has 0 atom stereocenters. The highest BCUT2D eigenvalue weighted by Crippen LogP contribution is 2.40. The molecule has 2 aromatic carbocycles. The van der Waals surface area contributed by atoms with E-state index >= 15 is 0 Å². The highest BCUT2D eigenvalue weighted by Gasteiger charge is 2.22. The third-order valence-electron chi connectivity index (χ3n) is 4.50. The lowest BCUT2D eigenvalue weighted by Crippen LogP contribution is -2.03. The number of benzene rings is 2. The number of carboxylic acids is 1. The number of ether oxygens (including phenoxy) is 1. The SMILES string of the molecule is O=C(O)/C=C/c1cccc(C2CCCC2)c1OCc1ccccc1. The van der Waals surface area contributed by atoms with Crippen LogP contribution in [0.15, 0.2) is 54.6 Å². The van der Waals surface area contributed by atoms with Gasteiger partial charge in [-0.2, -0.15) is 0 Å². The van der Waals surface area contributed by atoms with Crippen molar-refractivity contribution >= 4 is 12.0 Å². The lowest BCUT2D eigenvalue weighted by Gasteiger charge is -2.18. The second kappa shape index (κ2) is 7.82. The third-order valence-corrected chi connectivity index (χ3v) is 4.50. The van der Waals surface area contributed by atoms with Crippen molar-refractivity contribution in [2.24, 2.45) is 0 Å². The molecule has 0 unspecified atom stereocenters. The van der Waals surface area contributed by atoms with Crippen molar-refractivity contribution in [1.82, 2.24) is 0 Å². The molecule has 0 amide bonds. The number of para-hydroxylation sites is 1. The van der Waals surface area contributed by atoms with Crippen LogP contribution in [0.3, 0.4) is 0 Å². The standard InChI is InChI=1S/C21H22O3/c22-20(23)14-13-18-11-6-12-19(17-9-4-5-10-17)21(18)24-15-16-7-2-1-3-8-16/h1-3,6-8,11-14,17H,4-5,9-10,15H2,(H,22,23)/b14-13+. The third kappa shape index (κ3) is 4.05. The molecule has 3 heteroatoms. The maximum absolute atomic E-state index is 10.9. The van der Waals surface area contributed by atoms with Crippen LogP contribution in [0.2, 0.25) is 0 Å². The van der Waals surface area contributed by atoms with E-state index in [2.05, 4.69) is 6.07 Å². The summed E-state index contributed by atoms with van der Waals surface area (Å²) in [4.78, 5) is 10.9. The molecule has 1 fully saturated rings. The first-order valence-electron chi connectivity index (χ1n) is 8.44. The van der Waals surface area contributed by atoms with Gasteiger partial charge in [-0.1, -0.05) is 61.4 Å². The number of aliphatic carboxylic acids is 1. The molecule has 1 N–H and O–H groups in total. The van der Waals surface area contributed by atoms with Crippen LogP contribution in [0.4, 0.5) is 0 Å². The molecule has 124 valence electrons. The van der Waals surface area contributed by atoms with Crippen molar-refractivity contribution in [3.8, 4) is 5.75 Å². The van der Waals surface area contributed by atoms with Crippen molar-refractivity contribution < 1.29 is 14.6 Å². The van der Waals surface area contributed by atoms with E-state index in [1.807, 2.05) is 42.5 Å². The summed E-state index contributed by atoms with van der Waals surface area (Å²) >= 11 is 0. The van der Waals surface area contributed by atoms with Gasteiger partial charge in [-0.25, -0.2) is 4.79 Å². The Labute approximate surface area is 142 Å². The maximum Gasteiger partial charge on any atom is 0.328 e. The Morgan fingerprint density at radius 2 is 1.83 bits per heavy atom. The van der Waals surface area contributed by atoms with Crippen LogP contribution >= 0.6 is 0 Å². The van der Waals surface area contributed by atoms with Crippen LogP contribution in [0.25, 0.3) is 6.08 Å². The molecule has 1 aliphatic rings. The molecule has 24 heavy (non-hydrogen) atoms. The summed E-state index contributed by atoms with van der Waals surface area (Å²) in [7, 11) is 0. The zero-order chi connectivity index (χ0) is 16.8. The quantitative estimate of drug-likeness (QED) is 0.759. The fraction of sp³-hybridized carbons (Fsp3) is 0.286. The van der Waals surface area contributed by atoms with Crippen molar-refractivity contribution in [2.75, 3.05) is 0 Å². The van der Waals surface area contributed by atoms with E-state index in [-0.39, 0.29) is 0 Å². The number of carboxylic acid groups (broad SMARTS) is 1. The van der Waals surface area contributed by atoms with Gasteiger partial charge in [-0.15, -0.1) is 0 Å². The molecule has 0 radical (unpaired) electrons. The van der Waals surface area contributed by atoms with Gasteiger partial charge in [0.1, 0.15) is 12.4 Å². The fourth-order valence-corrected chi connectivity index (χ4v) is 3.32. The highest BCUT2D eigenvalue weighted by molar-refractivity contribution is 5.86. The van der Waals surface area contributed by atoms with Crippen molar-refractivity contribution in [3.05, 3.63) is 71.3 Å². The minimum absolute atomic E-state index is 0.485. The Morgan fingerprint density at radius 1 is 1.08 bits per heavy atom. The number of rotatable bonds is 6. The number of hydrogen-bond acceptors (Lipinski definition) is 2. The Balaban J connectivity index is 1.90. The average molecular weight is 322 g/mol. The second-order valence-electron chi connectivity index (χ2n) is 6.19. The molecule has 1 aliphatic carbocycles. The van der Waals surface area contributed by atoms with Gasteiger partial charge in [0.15, 0.2) is 0 Å². The summed E-state index contributed by atoms with van der Waals surface area (Å²) in [5.41, 5.74) is 3.14. The van der Waals surface area contributed by atoms with Crippen LogP contribution in [-0.4, -0.2) is 11.1 Å². The van der Waals surface area contributed by atoms with Gasteiger partial charge in [-0.3, -0.25) is 0 Å². The van der Waals surface area contributed by atoms with E-state index < -0.39 is 5.97 Å². The molecule has 3 rings (SSSR count). The van der Waals surface area contributed by atoms with Crippen LogP contribution in [-0.2, 0) is 11.4 Å². The molecular formula is C21H22O3. The van der Waals surface area contributed by atoms with E-state index in [9.17, 15) is 4.79 Å². The van der Waals surface area contributed by atoms with Crippen molar-refractivity contribution in [3.63, 3.8) is 0 Å². The van der Waals surface area contributed by atoms with E-state index in [0.717, 1.165) is 16.9 Å². The summed E-state index contributed by atoms with van der Waals surface area (Å²) in [6, 6.07) is 16.1. The summed E-state index contributed by atoms with van der Waals surface area (Å²) < 4.78 is 6.15. The minimum Gasteiger partial charge on any atom is -0.488 e. The topological polar surface area (TPSA) is 46.5 Å². The van der Waals surface area contributed by atoms with Gasteiger partial charge in [0, 0.05) is 11.6 Å². The molecular weight excluding hydrogens is 300 g/mol. The van der Waals surface area contributed by atoms with Gasteiger partial charge in [-0.05, 0) is 36.0 Å². The minimum atomic E-state index is -0.949. The molecule has 0 bridgehead atoms. The average Bonchev–Trinajstić information content (AvgIpc) is 3.13. The van der Waals surface area contributed by atoms with E-state index in [1.54, 1.807) is 6.08 Å². The summed E-state index contributed by atoms with van der Waals surface area (Å²) in [6.45, 7) is 0.485. The smallest absolute Gasteiger partial charge is 0.328 e. The molecule has 3 nitrogen and oxygen atoms in total. The monoisotopic (exact) mass is 322 g/mol. The molecule has 0 spiro atoms. The first-order chi connectivity index (χ1) is 11.7. The van der Waals surface area contributed by atoms with Gasteiger partial charge < -0.3 is 9.84 Å². The molecule has 1 saturated carbocycles. The Bertz CT molecular complexity index is 713. The van der Waals surface area contributed by atoms with Crippen LogP contribution < -0.4 is 4.74 Å². The first-order valence-corrected chi connectivity index (χ1v) is 8.44. The maximum atomic E-state index is 10.9. The van der Waals surface area contributed by atoms with Gasteiger partial charge in [0.2, 0.25) is 0 Å². The molecule has 0 heterocycles. The summed E-state index contributed by atoms with van der Waals surface area (Å²) in [5.74, 6) is 0.384. The first kappa shape index (κ1) is 16.3. The zero-order valence-corrected chi connectivity index (χ0v) is 13.7.